The first-order chi connectivity index (χ1) is 11.8. The van der Waals surface area contributed by atoms with E-state index in [1.165, 1.54) is 0 Å². The Morgan fingerprint density at radius 3 is 2.36 bits per heavy atom. The molecule has 0 spiro atoms. The van der Waals surface area contributed by atoms with E-state index in [2.05, 4.69) is 43.6 Å². The molecule has 6 nitrogen and oxygen atoms in total. The highest BCUT2D eigenvalue weighted by Crippen LogP contribution is 2.25. The third-order valence-electron chi connectivity index (χ3n) is 4.91. The zero-order valence-electron chi connectivity index (χ0n) is 16.2. The van der Waals surface area contributed by atoms with Crippen LogP contribution < -0.4 is 4.90 Å². The van der Waals surface area contributed by atoms with Crippen molar-refractivity contribution in [1.29, 1.82) is 0 Å². The van der Waals surface area contributed by atoms with Gasteiger partial charge in [0.1, 0.15) is 11.6 Å². The lowest BCUT2D eigenvalue weighted by Gasteiger charge is -2.38. The van der Waals surface area contributed by atoms with E-state index >= 15 is 0 Å². The van der Waals surface area contributed by atoms with E-state index in [-0.39, 0.29) is 6.54 Å². The molecule has 1 N–H and O–H groups in total. The lowest BCUT2D eigenvalue weighted by molar-refractivity contribution is -0.139. The summed E-state index contributed by atoms with van der Waals surface area (Å²) in [5.74, 6) is 1.86. The first-order valence-corrected chi connectivity index (χ1v) is 9.41. The van der Waals surface area contributed by atoms with Crippen LogP contribution in [-0.2, 0) is 4.79 Å². The Morgan fingerprint density at radius 2 is 1.88 bits per heavy atom. The van der Waals surface area contributed by atoms with E-state index in [0.29, 0.717) is 17.9 Å². The van der Waals surface area contributed by atoms with Gasteiger partial charge in [-0.25, -0.2) is 9.97 Å². The Labute approximate surface area is 151 Å². The van der Waals surface area contributed by atoms with Crippen LogP contribution >= 0.6 is 0 Å². The van der Waals surface area contributed by atoms with Crippen molar-refractivity contribution in [2.45, 2.75) is 65.3 Å². The van der Waals surface area contributed by atoms with Gasteiger partial charge in [0.05, 0.1) is 6.54 Å². The Bertz CT molecular complexity index is 555. The van der Waals surface area contributed by atoms with Crippen LogP contribution in [0.4, 0.5) is 5.82 Å². The number of piperidine rings is 1. The molecular weight excluding hydrogens is 316 g/mol. The fourth-order valence-corrected chi connectivity index (χ4v) is 3.32. The molecule has 0 aliphatic carbocycles. The maximum Gasteiger partial charge on any atom is 0.317 e. The third kappa shape index (κ3) is 5.14. The summed E-state index contributed by atoms with van der Waals surface area (Å²) in [6.45, 7) is 13.3. The summed E-state index contributed by atoms with van der Waals surface area (Å²) >= 11 is 0. The van der Waals surface area contributed by atoms with Gasteiger partial charge in [0, 0.05) is 36.8 Å². The predicted molar refractivity (Wildman–Crippen MR) is 100 cm³/mol. The number of carboxylic acid groups (broad SMARTS) is 1. The van der Waals surface area contributed by atoms with Crippen molar-refractivity contribution in [2.75, 3.05) is 31.1 Å². The zero-order valence-corrected chi connectivity index (χ0v) is 16.2. The quantitative estimate of drug-likeness (QED) is 0.816. The van der Waals surface area contributed by atoms with E-state index in [1.54, 1.807) is 0 Å². The van der Waals surface area contributed by atoms with E-state index in [1.807, 2.05) is 6.92 Å². The molecule has 140 valence electrons. The fraction of sp³-hybridized carbons (Fsp3) is 0.737. The summed E-state index contributed by atoms with van der Waals surface area (Å²) in [7, 11) is 0. The molecule has 6 heteroatoms. The topological polar surface area (TPSA) is 69.6 Å². The van der Waals surface area contributed by atoms with Crippen molar-refractivity contribution in [3.8, 4) is 0 Å². The number of carboxylic acids is 1. The predicted octanol–water partition coefficient (Wildman–Crippen LogP) is 3.10. The van der Waals surface area contributed by atoms with Gasteiger partial charge in [-0.2, -0.15) is 0 Å². The molecule has 1 aromatic heterocycles. The van der Waals surface area contributed by atoms with Gasteiger partial charge < -0.3 is 10.0 Å². The largest absolute Gasteiger partial charge is 0.480 e. The van der Waals surface area contributed by atoms with Crippen LogP contribution in [0, 0.1) is 0 Å². The van der Waals surface area contributed by atoms with Gasteiger partial charge in [-0.15, -0.1) is 0 Å². The molecule has 2 heterocycles. The van der Waals surface area contributed by atoms with Crippen molar-refractivity contribution in [3.63, 3.8) is 0 Å². The second kappa shape index (κ2) is 8.61. The SMILES string of the molecule is CCN(CC(=O)O)C1CCN(c2cc(C(C)C)nc(C(C)C)n2)CC1. The van der Waals surface area contributed by atoms with E-state index in [0.717, 1.165) is 49.8 Å². The number of carbonyl (C=O) groups is 1. The van der Waals surface area contributed by atoms with Crippen LogP contribution in [0.2, 0.25) is 0 Å². The van der Waals surface area contributed by atoms with Gasteiger partial charge in [0.15, 0.2) is 0 Å². The molecular formula is C19H32N4O2. The van der Waals surface area contributed by atoms with Crippen molar-refractivity contribution in [1.82, 2.24) is 14.9 Å². The highest BCUT2D eigenvalue weighted by molar-refractivity contribution is 5.69. The molecule has 0 saturated carbocycles. The van der Waals surface area contributed by atoms with Crippen molar-refractivity contribution in [3.05, 3.63) is 17.6 Å². The Balaban J connectivity index is 2.10. The van der Waals surface area contributed by atoms with Crippen molar-refractivity contribution < 1.29 is 9.90 Å². The molecule has 1 fully saturated rings. The Hall–Kier alpha value is -1.69. The smallest absolute Gasteiger partial charge is 0.317 e. The molecule has 25 heavy (non-hydrogen) atoms. The van der Waals surface area contributed by atoms with Crippen LogP contribution in [0.25, 0.3) is 0 Å². The first-order valence-electron chi connectivity index (χ1n) is 9.41. The summed E-state index contributed by atoms with van der Waals surface area (Å²) in [6.07, 6.45) is 1.94. The van der Waals surface area contributed by atoms with Crippen molar-refractivity contribution in [2.24, 2.45) is 0 Å². The maximum atomic E-state index is 11.0. The minimum Gasteiger partial charge on any atom is -0.480 e. The number of rotatable bonds is 7. The van der Waals surface area contributed by atoms with E-state index < -0.39 is 5.97 Å². The van der Waals surface area contributed by atoms with Gasteiger partial charge in [-0.3, -0.25) is 9.69 Å². The molecule has 0 radical (unpaired) electrons. The average molecular weight is 348 g/mol. The number of aliphatic carboxylic acids is 1. The number of aromatic nitrogens is 2. The molecule has 2 rings (SSSR count). The van der Waals surface area contributed by atoms with Gasteiger partial charge >= 0.3 is 5.97 Å². The van der Waals surface area contributed by atoms with Gasteiger partial charge in [0.25, 0.3) is 0 Å². The molecule has 1 saturated heterocycles. The van der Waals surface area contributed by atoms with Crippen molar-refractivity contribution >= 4 is 11.8 Å². The summed E-state index contributed by atoms with van der Waals surface area (Å²) in [4.78, 5) is 24.9. The number of anilines is 1. The van der Waals surface area contributed by atoms with E-state index in [9.17, 15) is 4.79 Å². The summed E-state index contributed by atoms with van der Waals surface area (Å²) in [6, 6.07) is 2.46. The first kappa shape index (κ1) is 19.6. The maximum absolute atomic E-state index is 11.0. The minimum absolute atomic E-state index is 0.129. The highest BCUT2D eigenvalue weighted by Gasteiger charge is 2.26. The average Bonchev–Trinajstić information content (AvgIpc) is 2.59. The Kier molecular flexibility index (Phi) is 6.76. The van der Waals surface area contributed by atoms with E-state index in [4.69, 9.17) is 15.1 Å². The monoisotopic (exact) mass is 348 g/mol. The number of hydrogen-bond acceptors (Lipinski definition) is 5. The summed E-state index contributed by atoms with van der Waals surface area (Å²) in [5, 5.41) is 9.07. The van der Waals surface area contributed by atoms with Gasteiger partial charge in [0.2, 0.25) is 0 Å². The molecule has 1 aliphatic rings. The van der Waals surface area contributed by atoms with Crippen LogP contribution in [-0.4, -0.2) is 58.2 Å². The lowest BCUT2D eigenvalue weighted by atomic mass is 10.0. The number of nitrogens with zero attached hydrogens (tertiary/aromatic N) is 4. The van der Waals surface area contributed by atoms with Crippen LogP contribution in [0.1, 0.15) is 70.8 Å². The lowest BCUT2D eigenvalue weighted by Crippen LogP contribution is -2.46. The van der Waals surface area contributed by atoms with Crippen LogP contribution in [0.5, 0.6) is 0 Å². The second-order valence-electron chi connectivity index (χ2n) is 7.49. The summed E-state index contributed by atoms with van der Waals surface area (Å²) in [5.41, 5.74) is 1.09. The molecule has 0 amide bonds. The normalized spacial score (nSPS) is 16.2. The Morgan fingerprint density at radius 1 is 1.24 bits per heavy atom. The molecule has 0 atom stereocenters. The van der Waals surface area contributed by atoms with Gasteiger partial charge in [-0.05, 0) is 25.3 Å². The van der Waals surface area contributed by atoms with Crippen LogP contribution in [0.3, 0.4) is 0 Å². The summed E-state index contributed by atoms with van der Waals surface area (Å²) < 4.78 is 0. The van der Waals surface area contributed by atoms with Crippen LogP contribution in [0.15, 0.2) is 6.07 Å². The fourth-order valence-electron chi connectivity index (χ4n) is 3.32. The molecule has 1 aliphatic heterocycles. The number of hydrogen-bond donors (Lipinski definition) is 1. The minimum atomic E-state index is -0.747. The molecule has 1 aromatic rings. The molecule has 0 bridgehead atoms. The molecule has 0 aromatic carbocycles. The zero-order chi connectivity index (χ0) is 18.6. The second-order valence-corrected chi connectivity index (χ2v) is 7.49. The standard InChI is InChI=1S/C19H32N4O2/c1-6-22(12-18(24)25)15-7-9-23(10-8-15)17-11-16(13(2)3)20-19(21-17)14(4)5/h11,13-15H,6-10,12H2,1-5H3,(H,24,25). The highest BCUT2D eigenvalue weighted by atomic mass is 16.4. The number of likely N-dealkylation sites (N-methyl/N-ethyl adjacent to an activating group) is 1. The van der Waals surface area contributed by atoms with Gasteiger partial charge in [-0.1, -0.05) is 34.6 Å². The molecule has 0 unspecified atom stereocenters. The third-order valence-corrected chi connectivity index (χ3v) is 4.91.